The molecule has 0 aromatic heterocycles. The van der Waals surface area contributed by atoms with E-state index in [1.165, 1.54) is 11.9 Å². The highest BCUT2D eigenvalue weighted by Crippen LogP contribution is 1.82. The highest BCUT2D eigenvalue weighted by Gasteiger charge is 1.98. The Morgan fingerprint density at radius 3 is 2.56 bits per heavy atom. The van der Waals surface area contributed by atoms with Gasteiger partial charge in [-0.2, -0.15) is 0 Å². The number of nitrogens with zero attached hydrogens (tertiary/aromatic N) is 1. The summed E-state index contributed by atoms with van der Waals surface area (Å²) in [4.78, 5) is 12.5. The molecule has 0 atom stereocenters. The van der Waals surface area contributed by atoms with E-state index in [1.807, 2.05) is 25.3 Å². The number of hydrogen-bond acceptors (Lipinski definition) is 3. The van der Waals surface area contributed by atoms with Crippen molar-refractivity contribution in [2.75, 3.05) is 26.9 Å². The molecule has 0 saturated carbocycles. The summed E-state index contributed by atoms with van der Waals surface area (Å²) in [6.07, 6.45) is 1.83. The molecule has 1 N–H and O–H groups in total. The molecule has 54 valence electrons. The van der Waals surface area contributed by atoms with E-state index in [1.54, 1.807) is 0 Å². The third kappa shape index (κ3) is 5.65. The smallest absolute Gasteiger partial charge is 0.243 e. The molecule has 0 spiro atoms. The van der Waals surface area contributed by atoms with Crippen LogP contribution >= 0.6 is 11.9 Å². The maximum absolute atomic E-state index is 10.7. The van der Waals surface area contributed by atoms with Crippen molar-refractivity contribution < 1.29 is 4.79 Å². The minimum absolute atomic E-state index is 0.0486. The Bertz CT molecular complexity index is 95.0. The van der Waals surface area contributed by atoms with Crippen LogP contribution in [0.15, 0.2) is 0 Å². The van der Waals surface area contributed by atoms with Crippen LogP contribution in [0.5, 0.6) is 0 Å². The van der Waals surface area contributed by atoms with Crippen LogP contribution < -0.4 is 4.72 Å². The predicted octanol–water partition coefficient (Wildman–Crippen LogP) is -0.0578. The molecule has 0 radical (unpaired) electrons. The van der Waals surface area contributed by atoms with Crippen molar-refractivity contribution in [2.45, 2.75) is 0 Å². The summed E-state index contributed by atoms with van der Waals surface area (Å²) in [6, 6.07) is 0. The summed E-state index contributed by atoms with van der Waals surface area (Å²) in [6.45, 7) is 0.459. The van der Waals surface area contributed by atoms with Crippen LogP contribution in [0.25, 0.3) is 0 Å². The summed E-state index contributed by atoms with van der Waals surface area (Å²) >= 11 is 1.33. The van der Waals surface area contributed by atoms with Crippen LogP contribution in [0.3, 0.4) is 0 Å². The first kappa shape index (κ1) is 8.78. The van der Waals surface area contributed by atoms with Crippen LogP contribution in [-0.2, 0) is 4.79 Å². The van der Waals surface area contributed by atoms with Crippen LogP contribution in [0.4, 0.5) is 0 Å². The second kappa shape index (κ2) is 4.64. The number of carbonyl (C=O) groups excluding carboxylic acids is 1. The molecule has 0 saturated heterocycles. The molecular weight excluding hydrogens is 136 g/mol. The van der Waals surface area contributed by atoms with Gasteiger partial charge in [-0.15, -0.1) is 0 Å². The summed E-state index contributed by atoms with van der Waals surface area (Å²) < 4.78 is 2.61. The second-order valence-corrected chi connectivity index (χ2v) is 2.58. The summed E-state index contributed by atoms with van der Waals surface area (Å²) in [5, 5.41) is 0. The first-order valence-electron chi connectivity index (χ1n) is 2.63. The van der Waals surface area contributed by atoms with Gasteiger partial charge in [-0.05, 0) is 14.1 Å². The number of hydrogen-bond donors (Lipinski definition) is 1. The van der Waals surface area contributed by atoms with Crippen LogP contribution in [0.1, 0.15) is 0 Å². The van der Waals surface area contributed by atoms with Crippen molar-refractivity contribution in [3.05, 3.63) is 0 Å². The molecule has 0 aromatic rings. The molecule has 0 unspecified atom stereocenters. The SMILES string of the molecule is CSNC(=O)CN(C)C. The van der Waals surface area contributed by atoms with Gasteiger partial charge < -0.3 is 4.90 Å². The predicted molar refractivity (Wildman–Crippen MR) is 40.2 cm³/mol. The van der Waals surface area contributed by atoms with Gasteiger partial charge in [-0.3, -0.25) is 9.52 Å². The molecule has 0 aromatic carbocycles. The molecule has 0 bridgehead atoms. The topological polar surface area (TPSA) is 32.3 Å². The average molecular weight is 148 g/mol. The largest absolute Gasteiger partial charge is 0.301 e. The molecule has 9 heavy (non-hydrogen) atoms. The van der Waals surface area contributed by atoms with E-state index < -0.39 is 0 Å². The van der Waals surface area contributed by atoms with Gasteiger partial charge in [0.1, 0.15) is 0 Å². The van der Waals surface area contributed by atoms with Crippen molar-refractivity contribution in [3.8, 4) is 0 Å². The van der Waals surface area contributed by atoms with Crippen molar-refractivity contribution in [1.29, 1.82) is 0 Å². The molecule has 0 aliphatic rings. The lowest BCUT2D eigenvalue weighted by atomic mass is 10.6. The number of rotatable bonds is 3. The van der Waals surface area contributed by atoms with Gasteiger partial charge in [0.15, 0.2) is 0 Å². The van der Waals surface area contributed by atoms with Crippen molar-refractivity contribution in [2.24, 2.45) is 0 Å². The second-order valence-electron chi connectivity index (χ2n) is 1.97. The molecule has 3 nitrogen and oxygen atoms in total. The minimum Gasteiger partial charge on any atom is -0.301 e. The Labute approximate surface area is 59.9 Å². The first-order valence-corrected chi connectivity index (χ1v) is 3.86. The van der Waals surface area contributed by atoms with Gasteiger partial charge in [0, 0.05) is 6.26 Å². The molecule has 1 amide bonds. The maximum atomic E-state index is 10.7. The Morgan fingerprint density at radius 1 is 1.67 bits per heavy atom. The van der Waals surface area contributed by atoms with Gasteiger partial charge in [-0.25, -0.2) is 0 Å². The zero-order chi connectivity index (χ0) is 7.28. The zero-order valence-corrected chi connectivity index (χ0v) is 6.79. The molecule has 0 aliphatic carbocycles. The third-order valence-electron chi connectivity index (χ3n) is 0.676. The van der Waals surface area contributed by atoms with E-state index in [4.69, 9.17) is 0 Å². The van der Waals surface area contributed by atoms with E-state index >= 15 is 0 Å². The lowest BCUT2D eigenvalue weighted by Gasteiger charge is -2.07. The first-order chi connectivity index (χ1) is 4.16. The minimum atomic E-state index is 0.0486. The summed E-state index contributed by atoms with van der Waals surface area (Å²) in [5.74, 6) is 0.0486. The number of likely N-dealkylation sites (N-methyl/N-ethyl adjacent to an activating group) is 1. The highest BCUT2D eigenvalue weighted by molar-refractivity contribution is 7.97. The average Bonchev–Trinajstić information content (AvgIpc) is 1.63. The molecule has 0 aliphatic heterocycles. The number of nitrogens with one attached hydrogen (secondary N) is 1. The fraction of sp³-hybridized carbons (Fsp3) is 0.800. The Hall–Kier alpha value is -0.220. The van der Waals surface area contributed by atoms with Gasteiger partial charge in [0.05, 0.1) is 6.54 Å². The van der Waals surface area contributed by atoms with Crippen LogP contribution in [0, 0.1) is 0 Å². The van der Waals surface area contributed by atoms with Crippen molar-refractivity contribution in [1.82, 2.24) is 9.62 Å². The van der Waals surface area contributed by atoms with E-state index in [2.05, 4.69) is 4.72 Å². The van der Waals surface area contributed by atoms with Gasteiger partial charge in [0.25, 0.3) is 0 Å². The Morgan fingerprint density at radius 2 is 2.22 bits per heavy atom. The third-order valence-corrected chi connectivity index (χ3v) is 1.11. The lowest BCUT2D eigenvalue weighted by Crippen LogP contribution is -2.28. The Balaban J connectivity index is 3.27. The van der Waals surface area contributed by atoms with E-state index in [0.29, 0.717) is 6.54 Å². The lowest BCUT2D eigenvalue weighted by molar-refractivity contribution is -0.119. The summed E-state index contributed by atoms with van der Waals surface area (Å²) in [7, 11) is 3.72. The van der Waals surface area contributed by atoms with Crippen LogP contribution in [-0.4, -0.2) is 37.7 Å². The van der Waals surface area contributed by atoms with Crippen LogP contribution in [0.2, 0.25) is 0 Å². The molecule has 0 heterocycles. The monoisotopic (exact) mass is 148 g/mol. The van der Waals surface area contributed by atoms with Crippen molar-refractivity contribution in [3.63, 3.8) is 0 Å². The fourth-order valence-electron chi connectivity index (χ4n) is 0.433. The maximum Gasteiger partial charge on any atom is 0.243 e. The molecule has 0 rings (SSSR count). The van der Waals surface area contributed by atoms with Crippen molar-refractivity contribution >= 4 is 17.9 Å². The van der Waals surface area contributed by atoms with Gasteiger partial charge >= 0.3 is 0 Å². The molecule has 0 fully saturated rings. The fourth-order valence-corrected chi connectivity index (χ4v) is 0.726. The summed E-state index contributed by atoms with van der Waals surface area (Å²) in [5.41, 5.74) is 0. The zero-order valence-electron chi connectivity index (χ0n) is 5.97. The number of amides is 1. The Kier molecular flexibility index (Phi) is 4.53. The van der Waals surface area contributed by atoms with E-state index in [-0.39, 0.29) is 5.91 Å². The molecular formula is C5H12N2OS. The number of carbonyl (C=O) groups is 1. The quantitative estimate of drug-likeness (QED) is 0.569. The van der Waals surface area contributed by atoms with Gasteiger partial charge in [-0.1, -0.05) is 11.9 Å². The normalized spacial score (nSPS) is 9.78. The highest BCUT2D eigenvalue weighted by atomic mass is 32.2. The standard InChI is InChI=1S/C5H12N2OS/c1-7(2)4-5(8)6-9-3/h4H2,1-3H3,(H,6,8). The van der Waals surface area contributed by atoms with Gasteiger partial charge in [0.2, 0.25) is 5.91 Å². The van der Waals surface area contributed by atoms with E-state index in [9.17, 15) is 4.79 Å². The van der Waals surface area contributed by atoms with E-state index in [0.717, 1.165) is 0 Å². The molecule has 4 heteroatoms.